The quantitative estimate of drug-likeness (QED) is 0.577. The average molecular weight is 462 g/mol. The van der Waals surface area contributed by atoms with Crippen molar-refractivity contribution >= 4 is 10.9 Å². The first-order valence-electron chi connectivity index (χ1n) is 12.5. The van der Waals surface area contributed by atoms with Crippen molar-refractivity contribution in [3.05, 3.63) is 47.4 Å². The van der Waals surface area contributed by atoms with Gasteiger partial charge in [-0.25, -0.2) is 4.68 Å². The largest absolute Gasteiger partial charge is 0.484 e. The van der Waals surface area contributed by atoms with E-state index >= 15 is 0 Å². The molecule has 8 nitrogen and oxygen atoms in total. The fraction of sp³-hybridized carbons (Fsp3) is 0.577. The minimum absolute atomic E-state index is 0.0343. The second kappa shape index (κ2) is 7.47. The van der Waals surface area contributed by atoms with Crippen LogP contribution in [-0.4, -0.2) is 50.9 Å². The number of rotatable bonds is 7. The molecule has 2 saturated carbocycles. The molecule has 2 saturated heterocycles. The molecule has 2 aliphatic carbocycles. The fourth-order valence-corrected chi connectivity index (χ4v) is 6.17. The van der Waals surface area contributed by atoms with Crippen molar-refractivity contribution in [3.8, 4) is 5.75 Å². The summed E-state index contributed by atoms with van der Waals surface area (Å²) in [6, 6.07) is 6.79. The highest BCUT2D eigenvalue weighted by atomic mass is 16.5. The second-order valence-electron chi connectivity index (χ2n) is 10.8. The Bertz CT molecular complexity index is 1250. The number of hydrogen-bond donors (Lipinski definition) is 1. The summed E-state index contributed by atoms with van der Waals surface area (Å²) in [5, 5.41) is 13.9. The summed E-state index contributed by atoms with van der Waals surface area (Å²) in [5.41, 5.74) is 4.18. The van der Waals surface area contributed by atoms with Gasteiger partial charge in [0.1, 0.15) is 17.5 Å². The predicted octanol–water partition coefficient (Wildman–Crippen LogP) is 3.44. The minimum atomic E-state index is -0.213. The number of nitrogens with zero attached hydrogens (tertiary/aromatic N) is 4. The summed E-state index contributed by atoms with van der Waals surface area (Å²) in [6.07, 6.45) is 9.35. The molecule has 8 heteroatoms. The van der Waals surface area contributed by atoms with Gasteiger partial charge in [0, 0.05) is 37.0 Å². The molecule has 1 aromatic carbocycles. The lowest BCUT2D eigenvalue weighted by Crippen LogP contribution is -2.53. The first-order valence-corrected chi connectivity index (χ1v) is 12.5. The van der Waals surface area contributed by atoms with Crippen LogP contribution >= 0.6 is 0 Å². The van der Waals surface area contributed by atoms with E-state index in [9.17, 15) is 0 Å². The minimum Gasteiger partial charge on any atom is -0.484 e. The van der Waals surface area contributed by atoms with Gasteiger partial charge in [-0.05, 0) is 62.4 Å². The van der Waals surface area contributed by atoms with Crippen LogP contribution in [0.1, 0.15) is 62.5 Å². The van der Waals surface area contributed by atoms with Gasteiger partial charge >= 0.3 is 0 Å². The highest BCUT2D eigenvalue weighted by Gasteiger charge is 2.67. The number of ether oxygens (including phenoxy) is 3. The fourth-order valence-electron chi connectivity index (χ4n) is 6.17. The number of aromatic nitrogens is 4. The van der Waals surface area contributed by atoms with E-state index in [1.807, 2.05) is 25.3 Å². The molecule has 178 valence electrons. The topological polar surface area (TPSA) is 83.3 Å². The molecule has 0 radical (unpaired) electrons. The Balaban J connectivity index is 1.11. The molecule has 5 heterocycles. The molecule has 8 rings (SSSR count). The van der Waals surface area contributed by atoms with Gasteiger partial charge in [0.25, 0.3) is 0 Å². The maximum atomic E-state index is 6.41. The average Bonchev–Trinajstić information content (AvgIpc) is 3.31. The van der Waals surface area contributed by atoms with E-state index in [1.165, 1.54) is 24.0 Å². The Hall–Kier alpha value is -2.55. The van der Waals surface area contributed by atoms with E-state index in [0.717, 1.165) is 54.8 Å². The van der Waals surface area contributed by atoms with Crippen LogP contribution in [0.5, 0.6) is 5.75 Å². The molecule has 34 heavy (non-hydrogen) atoms. The predicted molar refractivity (Wildman–Crippen MR) is 126 cm³/mol. The van der Waals surface area contributed by atoms with E-state index in [2.05, 4.69) is 44.5 Å². The summed E-state index contributed by atoms with van der Waals surface area (Å²) in [7, 11) is 0. The molecule has 2 bridgehead atoms. The lowest BCUT2D eigenvalue weighted by Gasteiger charge is -2.43. The number of nitrogens with one attached hydrogen (secondary N) is 1. The molecule has 0 amide bonds. The van der Waals surface area contributed by atoms with Crippen LogP contribution in [0.3, 0.4) is 0 Å². The van der Waals surface area contributed by atoms with Crippen LogP contribution in [0.4, 0.5) is 0 Å². The summed E-state index contributed by atoms with van der Waals surface area (Å²) in [5.74, 6) is 0.821. The third-order valence-corrected chi connectivity index (χ3v) is 8.05. The smallest absolute Gasteiger partial charge is 0.141 e. The summed E-state index contributed by atoms with van der Waals surface area (Å²) in [4.78, 5) is 4.60. The lowest BCUT2D eigenvalue weighted by atomic mass is 9.67. The van der Waals surface area contributed by atoms with Gasteiger partial charge < -0.3 is 19.5 Å². The number of fused-ring (bicyclic) bond motifs is 4. The molecular formula is C26H31N5O3. The maximum Gasteiger partial charge on any atom is 0.141 e. The van der Waals surface area contributed by atoms with Crippen LogP contribution in [0.15, 0.2) is 30.6 Å². The van der Waals surface area contributed by atoms with Crippen molar-refractivity contribution in [1.82, 2.24) is 25.3 Å². The van der Waals surface area contributed by atoms with Crippen LogP contribution in [0.2, 0.25) is 0 Å². The normalized spacial score (nSPS) is 30.7. The van der Waals surface area contributed by atoms with E-state index in [-0.39, 0.29) is 23.3 Å². The molecule has 3 aromatic rings. The molecule has 0 spiro atoms. The van der Waals surface area contributed by atoms with Crippen LogP contribution in [0.25, 0.3) is 10.9 Å². The third kappa shape index (κ3) is 3.34. The highest BCUT2D eigenvalue weighted by molar-refractivity contribution is 5.84. The lowest BCUT2D eigenvalue weighted by molar-refractivity contribution is -0.0116. The van der Waals surface area contributed by atoms with Crippen molar-refractivity contribution < 1.29 is 14.2 Å². The van der Waals surface area contributed by atoms with Gasteiger partial charge in [-0.15, -0.1) is 5.10 Å². The first-order chi connectivity index (χ1) is 16.5. The summed E-state index contributed by atoms with van der Waals surface area (Å²) in [6.45, 7) is 6.50. The first kappa shape index (κ1) is 20.8. The van der Waals surface area contributed by atoms with E-state index in [1.54, 1.807) is 0 Å². The standard InChI is InChI=1S/C26H31N5O3/c1-16(33-19-5-6-22-21(9-19)20-7-8-32-13-17(20)10-28-22)23-12-31(30-29-23)26-14-25(2,15-26)34-24(26)11-27-18-3-4-18/h5-6,9-10,12,16,18,24,27H,3-4,7-8,11,13-15H2,1-2H3/t16-,24?,25?,26?/m1/s1. The van der Waals surface area contributed by atoms with Crippen molar-refractivity contribution in [1.29, 1.82) is 0 Å². The van der Waals surface area contributed by atoms with E-state index < -0.39 is 0 Å². The zero-order valence-electron chi connectivity index (χ0n) is 19.8. The Kier molecular flexibility index (Phi) is 4.57. The van der Waals surface area contributed by atoms with E-state index in [0.29, 0.717) is 12.6 Å². The van der Waals surface area contributed by atoms with Crippen molar-refractivity contribution in [3.63, 3.8) is 0 Å². The van der Waals surface area contributed by atoms with Gasteiger partial charge in [-0.1, -0.05) is 5.21 Å². The van der Waals surface area contributed by atoms with Gasteiger partial charge in [-0.2, -0.15) is 0 Å². The Morgan fingerprint density at radius 2 is 2.18 bits per heavy atom. The molecule has 1 unspecified atom stereocenters. The Labute approximate surface area is 199 Å². The van der Waals surface area contributed by atoms with E-state index in [4.69, 9.17) is 14.2 Å². The zero-order valence-corrected chi connectivity index (χ0v) is 19.8. The molecule has 3 aliphatic heterocycles. The van der Waals surface area contributed by atoms with Crippen LogP contribution < -0.4 is 10.1 Å². The van der Waals surface area contributed by atoms with Crippen LogP contribution in [-0.2, 0) is 28.0 Å². The van der Waals surface area contributed by atoms with Gasteiger partial charge in [-0.3, -0.25) is 4.98 Å². The van der Waals surface area contributed by atoms with Crippen molar-refractivity contribution in [2.24, 2.45) is 0 Å². The molecule has 4 fully saturated rings. The molecule has 1 N–H and O–H groups in total. The SMILES string of the molecule is C[C@@H](Oc1ccc2ncc3c(c2c1)CCOC3)c1cn(C23CC(C)(C2)OC3CNC2CC2)nn1. The number of hydrogen-bond acceptors (Lipinski definition) is 7. The second-order valence-corrected chi connectivity index (χ2v) is 10.8. The zero-order chi connectivity index (χ0) is 22.9. The Morgan fingerprint density at radius 3 is 3.03 bits per heavy atom. The van der Waals surface area contributed by atoms with Crippen LogP contribution in [0, 0.1) is 0 Å². The number of benzene rings is 1. The molecule has 5 aliphatic rings. The summed E-state index contributed by atoms with van der Waals surface area (Å²) < 4.78 is 20.4. The summed E-state index contributed by atoms with van der Waals surface area (Å²) >= 11 is 0. The molecule has 2 atom stereocenters. The van der Waals surface area contributed by atoms with Crippen molar-refractivity contribution in [2.45, 2.75) is 81.9 Å². The van der Waals surface area contributed by atoms with Gasteiger partial charge in [0.05, 0.1) is 42.2 Å². The third-order valence-electron chi connectivity index (χ3n) is 8.05. The molecule has 2 aromatic heterocycles. The monoisotopic (exact) mass is 461 g/mol. The van der Waals surface area contributed by atoms with Gasteiger partial charge in [0.15, 0.2) is 0 Å². The Morgan fingerprint density at radius 1 is 1.29 bits per heavy atom. The highest BCUT2D eigenvalue weighted by Crippen LogP contribution is 2.59. The number of pyridine rings is 1. The maximum absolute atomic E-state index is 6.41. The van der Waals surface area contributed by atoms with Crippen molar-refractivity contribution in [2.75, 3.05) is 13.2 Å². The molecular weight excluding hydrogens is 430 g/mol. The van der Waals surface area contributed by atoms with Gasteiger partial charge in [0.2, 0.25) is 0 Å².